The first-order valence-corrected chi connectivity index (χ1v) is 6.83. The van der Waals surface area contributed by atoms with Crippen molar-refractivity contribution in [1.82, 2.24) is 0 Å². The maximum atomic E-state index is 3.47. The van der Waals surface area contributed by atoms with E-state index in [4.69, 9.17) is 0 Å². The Labute approximate surface area is 130 Å². The minimum absolute atomic E-state index is 0. The molecule has 0 bridgehead atoms. The molecule has 1 saturated carbocycles. The van der Waals surface area contributed by atoms with Gasteiger partial charge in [0.2, 0.25) is 0 Å². The predicted octanol–water partition coefficient (Wildman–Crippen LogP) is 3.32. The first kappa shape index (κ1) is 13.0. The van der Waals surface area contributed by atoms with E-state index in [1.54, 1.807) is 0 Å². The van der Waals surface area contributed by atoms with Crippen LogP contribution in [-0.2, 0) is 24.9 Å². The van der Waals surface area contributed by atoms with Gasteiger partial charge < -0.3 is 0 Å². The molecule has 0 N–H and O–H groups in total. The molecule has 0 saturated heterocycles. The van der Waals surface area contributed by atoms with Crippen LogP contribution in [0.2, 0.25) is 0 Å². The van der Waals surface area contributed by atoms with E-state index in [-0.39, 0.29) is 24.9 Å². The van der Waals surface area contributed by atoms with Gasteiger partial charge in [0, 0.05) is 24.9 Å². The van der Waals surface area contributed by atoms with Crippen molar-refractivity contribution in [3.05, 3.63) is 77.0 Å². The Kier molecular flexibility index (Phi) is 3.11. The van der Waals surface area contributed by atoms with Crippen LogP contribution < -0.4 is 0 Å². The fraction of sp³-hybridized carbons (Fsp3) is 0.176. The van der Waals surface area contributed by atoms with Gasteiger partial charge in [0.15, 0.2) is 0 Å². The Morgan fingerprint density at radius 1 is 1.00 bits per heavy atom. The van der Waals surface area contributed by atoms with Crippen LogP contribution >= 0.6 is 0 Å². The normalized spacial score (nSPS) is 28.5. The van der Waals surface area contributed by atoms with Crippen molar-refractivity contribution in [2.45, 2.75) is 11.8 Å². The smallest absolute Gasteiger partial charge is 0.00895 e. The van der Waals surface area contributed by atoms with Gasteiger partial charge in [-0.1, -0.05) is 58.8 Å². The van der Waals surface area contributed by atoms with Gasteiger partial charge in [0.25, 0.3) is 0 Å². The summed E-state index contributed by atoms with van der Waals surface area (Å²) in [5.74, 6) is 0.606. The van der Waals surface area contributed by atoms with Crippen molar-refractivity contribution in [2.75, 3.05) is 0 Å². The SMILES string of the molecule is [Rh].[Si][C-]=C1c2ccccc2[C@]2(c3ccccc3)C[C@H]12. The van der Waals surface area contributed by atoms with E-state index in [1.165, 1.54) is 28.7 Å². The van der Waals surface area contributed by atoms with Crippen molar-refractivity contribution in [2.24, 2.45) is 5.92 Å². The molecule has 2 aromatic rings. The molecule has 4 radical (unpaired) electrons. The van der Waals surface area contributed by atoms with Gasteiger partial charge in [-0.15, -0.1) is 11.6 Å². The zero-order valence-corrected chi connectivity index (χ0v) is 13.0. The first-order valence-electron chi connectivity index (χ1n) is 6.33. The summed E-state index contributed by atoms with van der Waals surface area (Å²) in [7, 11) is 3.47. The van der Waals surface area contributed by atoms with Gasteiger partial charge in [0.05, 0.1) is 0 Å². The number of allylic oxidation sites excluding steroid dienone is 1. The summed E-state index contributed by atoms with van der Waals surface area (Å²) in [5, 5.41) is 0. The van der Waals surface area contributed by atoms with Crippen LogP contribution in [0.4, 0.5) is 0 Å². The first-order chi connectivity index (χ1) is 8.88. The van der Waals surface area contributed by atoms with E-state index in [0.717, 1.165) is 0 Å². The van der Waals surface area contributed by atoms with Crippen LogP contribution in [0, 0.1) is 11.6 Å². The van der Waals surface area contributed by atoms with Crippen LogP contribution in [0.3, 0.4) is 0 Å². The van der Waals surface area contributed by atoms with Gasteiger partial charge in [-0.3, -0.25) is 5.70 Å². The second kappa shape index (κ2) is 4.54. The van der Waals surface area contributed by atoms with Crippen molar-refractivity contribution in [1.29, 1.82) is 0 Å². The molecule has 2 aromatic carbocycles. The molecule has 0 unspecified atom stereocenters. The Morgan fingerprint density at radius 3 is 2.42 bits per heavy atom. The maximum absolute atomic E-state index is 3.47. The predicted molar refractivity (Wildman–Crippen MR) is 74.2 cm³/mol. The molecular weight excluding hydrogens is 335 g/mol. The maximum Gasteiger partial charge on any atom is 0.00895 e. The minimum atomic E-state index is 0. The molecule has 0 aliphatic heterocycles. The molecule has 0 nitrogen and oxygen atoms in total. The van der Waals surface area contributed by atoms with E-state index < -0.39 is 0 Å². The molecule has 0 heterocycles. The average Bonchev–Trinajstić information content (AvgIpc) is 3.12. The summed E-state index contributed by atoms with van der Waals surface area (Å²) >= 11 is 0. The van der Waals surface area contributed by atoms with Crippen molar-refractivity contribution in [3.63, 3.8) is 0 Å². The van der Waals surface area contributed by atoms with Crippen LogP contribution in [0.25, 0.3) is 5.57 Å². The van der Waals surface area contributed by atoms with Crippen molar-refractivity contribution < 1.29 is 19.5 Å². The summed E-state index contributed by atoms with van der Waals surface area (Å²) in [6.45, 7) is 0. The molecule has 2 atom stereocenters. The monoisotopic (exact) mass is 347 g/mol. The van der Waals surface area contributed by atoms with Crippen LogP contribution in [-0.4, -0.2) is 10.2 Å². The van der Waals surface area contributed by atoms with Crippen LogP contribution in [0.1, 0.15) is 23.1 Å². The number of fused-ring (bicyclic) bond motifs is 3. The topological polar surface area (TPSA) is 0 Å². The summed E-state index contributed by atoms with van der Waals surface area (Å²) in [6.07, 6.45) is 1.22. The van der Waals surface area contributed by atoms with Gasteiger partial charge in [-0.25, -0.2) is 5.57 Å². The summed E-state index contributed by atoms with van der Waals surface area (Å²) in [4.78, 5) is 0. The standard InChI is InChI=1S/C17H12Si.Rh/c18-11-14-13-8-4-5-9-15(13)17(10-16(14)17)12-6-2-1-3-7-12;/h1-9,16H,10H2;/q-1;/t16-,17-;/m1./s1. The molecule has 0 spiro atoms. The van der Waals surface area contributed by atoms with Gasteiger partial charge in [-0.2, -0.15) is 5.56 Å². The quantitative estimate of drug-likeness (QED) is 0.548. The molecule has 2 aliphatic carbocycles. The molecule has 2 heteroatoms. The Bertz CT molecular complexity index is 647. The van der Waals surface area contributed by atoms with Gasteiger partial charge >= 0.3 is 0 Å². The zero-order valence-electron chi connectivity index (χ0n) is 10.3. The molecular formula is C17H12RhSi-. The fourth-order valence-electron chi connectivity index (χ4n) is 3.57. The molecule has 1 fully saturated rings. The largest absolute Gasteiger partial charge is 0.285 e. The Balaban J connectivity index is 0.00000110. The van der Waals surface area contributed by atoms with E-state index in [0.29, 0.717) is 5.92 Å². The molecule has 19 heavy (non-hydrogen) atoms. The minimum Gasteiger partial charge on any atom is -0.285 e. The summed E-state index contributed by atoms with van der Waals surface area (Å²) < 4.78 is 0. The van der Waals surface area contributed by atoms with Gasteiger partial charge in [-0.05, 0) is 17.9 Å². The second-order valence-electron chi connectivity index (χ2n) is 5.18. The molecule has 0 amide bonds. The van der Waals surface area contributed by atoms with Crippen molar-refractivity contribution >= 4 is 15.8 Å². The summed E-state index contributed by atoms with van der Waals surface area (Å²) in [5.41, 5.74) is 9.08. The van der Waals surface area contributed by atoms with E-state index in [9.17, 15) is 0 Å². The number of hydrogen-bond donors (Lipinski definition) is 0. The third-order valence-electron chi connectivity index (χ3n) is 4.43. The third kappa shape index (κ3) is 1.60. The number of benzene rings is 2. The van der Waals surface area contributed by atoms with Crippen LogP contribution in [0.5, 0.6) is 0 Å². The van der Waals surface area contributed by atoms with E-state index >= 15 is 0 Å². The van der Waals surface area contributed by atoms with Gasteiger partial charge in [0.1, 0.15) is 0 Å². The third-order valence-corrected chi connectivity index (χ3v) is 4.70. The Hall–Kier alpha value is -0.980. The molecule has 0 aromatic heterocycles. The van der Waals surface area contributed by atoms with E-state index in [2.05, 4.69) is 70.5 Å². The van der Waals surface area contributed by atoms with Crippen molar-refractivity contribution in [3.8, 4) is 0 Å². The Morgan fingerprint density at radius 2 is 1.68 bits per heavy atom. The number of rotatable bonds is 1. The molecule has 2 aliphatic rings. The fourth-order valence-corrected chi connectivity index (χ4v) is 3.88. The van der Waals surface area contributed by atoms with E-state index in [1.807, 2.05) is 0 Å². The summed E-state index contributed by atoms with van der Waals surface area (Å²) in [6, 6.07) is 19.6. The van der Waals surface area contributed by atoms with Crippen LogP contribution in [0.15, 0.2) is 54.6 Å². The zero-order chi connectivity index (χ0) is 12.2. The number of hydrogen-bond acceptors (Lipinski definition) is 0. The molecule has 94 valence electrons. The second-order valence-corrected chi connectivity index (χ2v) is 5.43. The average molecular weight is 347 g/mol. The molecule has 4 rings (SSSR count).